The fraction of sp³-hybridized carbons (Fsp3) is 0.417. The van der Waals surface area contributed by atoms with Crippen molar-refractivity contribution in [2.45, 2.75) is 23.7 Å². The molecule has 0 atom stereocenters. The lowest BCUT2D eigenvalue weighted by Gasteiger charge is -2.10. The van der Waals surface area contributed by atoms with Gasteiger partial charge in [0.1, 0.15) is 5.82 Å². The number of hydrogen-bond acceptors (Lipinski definition) is 4. The third-order valence-electron chi connectivity index (χ3n) is 2.92. The van der Waals surface area contributed by atoms with Crippen molar-refractivity contribution in [2.24, 2.45) is 0 Å². The first kappa shape index (κ1) is 13.0. The van der Waals surface area contributed by atoms with E-state index in [1.165, 1.54) is 0 Å². The van der Waals surface area contributed by atoms with Crippen molar-refractivity contribution in [2.75, 3.05) is 13.4 Å². The summed E-state index contributed by atoms with van der Waals surface area (Å²) in [7, 11) is -2.37. The van der Waals surface area contributed by atoms with Gasteiger partial charge in [0.2, 0.25) is 0 Å². The molecule has 0 amide bonds. The summed E-state index contributed by atoms with van der Waals surface area (Å²) in [6.07, 6.45) is 2.74. The molecular weight excluding hydrogens is 259 g/mol. The molecule has 1 saturated carbocycles. The van der Waals surface area contributed by atoms with Gasteiger partial charge in [-0.3, -0.25) is 0 Å². The van der Waals surface area contributed by atoms with Gasteiger partial charge in [-0.15, -0.1) is 0 Å². The SMILES string of the molecule is COC(=O)c1cc(S(C)(=O)=O)c(C2CC2)cc1F. The number of rotatable bonds is 3. The summed E-state index contributed by atoms with van der Waals surface area (Å²) >= 11 is 0. The molecule has 1 aromatic carbocycles. The van der Waals surface area contributed by atoms with Crippen molar-refractivity contribution in [1.29, 1.82) is 0 Å². The normalized spacial score (nSPS) is 15.5. The number of sulfone groups is 1. The molecule has 0 radical (unpaired) electrons. The smallest absolute Gasteiger partial charge is 0.340 e. The van der Waals surface area contributed by atoms with E-state index in [2.05, 4.69) is 4.74 Å². The molecular formula is C12H13FO4S. The molecule has 4 nitrogen and oxygen atoms in total. The highest BCUT2D eigenvalue weighted by Crippen LogP contribution is 2.43. The Labute approximate surface area is 105 Å². The molecule has 1 aromatic rings. The van der Waals surface area contributed by atoms with Crippen LogP contribution in [0, 0.1) is 5.82 Å². The van der Waals surface area contributed by atoms with Crippen LogP contribution in [0.1, 0.15) is 34.7 Å². The molecule has 98 valence electrons. The van der Waals surface area contributed by atoms with E-state index >= 15 is 0 Å². The quantitative estimate of drug-likeness (QED) is 0.623. The molecule has 0 spiro atoms. The molecule has 0 saturated heterocycles. The van der Waals surface area contributed by atoms with E-state index in [1.807, 2.05) is 0 Å². The number of hydrogen-bond donors (Lipinski definition) is 0. The van der Waals surface area contributed by atoms with Crippen LogP contribution in [0.4, 0.5) is 4.39 Å². The van der Waals surface area contributed by atoms with Crippen LogP contribution in [0.25, 0.3) is 0 Å². The summed E-state index contributed by atoms with van der Waals surface area (Å²) in [6.45, 7) is 0. The molecule has 1 aliphatic rings. The summed E-state index contributed by atoms with van der Waals surface area (Å²) in [5.41, 5.74) is 0.116. The van der Waals surface area contributed by atoms with E-state index in [4.69, 9.17) is 0 Å². The molecule has 1 fully saturated rings. The lowest BCUT2D eigenvalue weighted by atomic mass is 10.1. The zero-order valence-electron chi connectivity index (χ0n) is 10.1. The summed E-state index contributed by atoms with van der Waals surface area (Å²) in [5.74, 6) is -1.54. The van der Waals surface area contributed by atoms with Gasteiger partial charge >= 0.3 is 5.97 Å². The predicted molar refractivity (Wildman–Crippen MR) is 62.8 cm³/mol. The number of carbonyl (C=O) groups is 1. The number of methoxy groups -OCH3 is 1. The number of benzene rings is 1. The van der Waals surface area contributed by atoms with Gasteiger partial charge < -0.3 is 4.74 Å². The largest absolute Gasteiger partial charge is 0.465 e. The molecule has 0 heterocycles. The Hall–Kier alpha value is -1.43. The maximum absolute atomic E-state index is 13.7. The van der Waals surface area contributed by atoms with Gasteiger partial charge in [-0.2, -0.15) is 0 Å². The van der Waals surface area contributed by atoms with Crippen molar-refractivity contribution in [3.05, 3.63) is 29.1 Å². The van der Waals surface area contributed by atoms with Crippen molar-refractivity contribution in [1.82, 2.24) is 0 Å². The lowest BCUT2D eigenvalue weighted by Crippen LogP contribution is -2.10. The second-order valence-electron chi connectivity index (χ2n) is 4.41. The molecule has 6 heteroatoms. The fourth-order valence-electron chi connectivity index (χ4n) is 1.87. The average molecular weight is 272 g/mol. The van der Waals surface area contributed by atoms with E-state index in [-0.39, 0.29) is 16.4 Å². The van der Waals surface area contributed by atoms with Crippen molar-refractivity contribution >= 4 is 15.8 Å². The zero-order chi connectivity index (χ0) is 13.5. The summed E-state index contributed by atoms with van der Waals surface area (Å²) in [5, 5.41) is 0. The lowest BCUT2D eigenvalue weighted by molar-refractivity contribution is 0.0595. The standard InChI is InChI=1S/C12H13FO4S/c1-17-12(14)9-6-11(18(2,15)16)8(5-10(9)13)7-3-4-7/h5-7H,3-4H2,1-2H3. The van der Waals surface area contributed by atoms with Crippen LogP contribution in [0.3, 0.4) is 0 Å². The Kier molecular flexibility index (Phi) is 3.14. The zero-order valence-corrected chi connectivity index (χ0v) is 10.9. The van der Waals surface area contributed by atoms with Crippen LogP contribution in [0.5, 0.6) is 0 Å². The first-order chi connectivity index (χ1) is 8.34. The Morgan fingerprint density at radius 2 is 2.00 bits per heavy atom. The highest BCUT2D eigenvalue weighted by atomic mass is 32.2. The van der Waals surface area contributed by atoms with E-state index < -0.39 is 21.6 Å². The van der Waals surface area contributed by atoms with Gasteiger partial charge in [0.05, 0.1) is 17.6 Å². The minimum absolute atomic E-state index is 0.0202. The fourth-order valence-corrected chi connectivity index (χ4v) is 2.86. The van der Waals surface area contributed by atoms with Crippen molar-refractivity contribution in [3.8, 4) is 0 Å². The Morgan fingerprint density at radius 1 is 1.39 bits per heavy atom. The average Bonchev–Trinajstić information content (AvgIpc) is 3.09. The highest BCUT2D eigenvalue weighted by molar-refractivity contribution is 7.90. The Morgan fingerprint density at radius 3 is 2.44 bits per heavy atom. The third-order valence-corrected chi connectivity index (χ3v) is 4.07. The monoisotopic (exact) mass is 272 g/mol. The molecule has 0 aromatic heterocycles. The Balaban J connectivity index is 2.64. The topological polar surface area (TPSA) is 60.4 Å². The van der Waals surface area contributed by atoms with Crippen molar-refractivity contribution < 1.29 is 22.3 Å². The molecule has 0 bridgehead atoms. The maximum Gasteiger partial charge on any atom is 0.340 e. The minimum Gasteiger partial charge on any atom is -0.465 e. The van der Waals surface area contributed by atoms with Gasteiger partial charge in [0.25, 0.3) is 0 Å². The van der Waals surface area contributed by atoms with Gasteiger partial charge in [-0.25, -0.2) is 17.6 Å². The van der Waals surface area contributed by atoms with Gasteiger partial charge in [-0.1, -0.05) is 0 Å². The summed E-state index contributed by atoms with van der Waals surface area (Å²) in [6, 6.07) is 2.21. The van der Waals surface area contributed by atoms with E-state index in [9.17, 15) is 17.6 Å². The second-order valence-corrected chi connectivity index (χ2v) is 6.39. The molecule has 0 N–H and O–H groups in total. The van der Waals surface area contributed by atoms with Crippen LogP contribution >= 0.6 is 0 Å². The van der Waals surface area contributed by atoms with Crippen LogP contribution in [0.15, 0.2) is 17.0 Å². The number of halogens is 1. The third kappa shape index (κ3) is 2.38. The molecule has 1 aliphatic carbocycles. The predicted octanol–water partition coefficient (Wildman–Crippen LogP) is 1.89. The second kappa shape index (κ2) is 4.35. The minimum atomic E-state index is -3.49. The molecule has 0 aliphatic heterocycles. The first-order valence-electron chi connectivity index (χ1n) is 5.46. The van der Waals surface area contributed by atoms with Crippen molar-refractivity contribution in [3.63, 3.8) is 0 Å². The van der Waals surface area contributed by atoms with E-state index in [0.717, 1.165) is 38.3 Å². The van der Waals surface area contributed by atoms with Crippen LogP contribution in [-0.2, 0) is 14.6 Å². The Bertz CT molecular complexity index is 603. The highest BCUT2D eigenvalue weighted by Gasteiger charge is 2.31. The maximum atomic E-state index is 13.7. The van der Waals surface area contributed by atoms with Crippen LogP contribution in [0.2, 0.25) is 0 Å². The first-order valence-corrected chi connectivity index (χ1v) is 7.35. The summed E-state index contributed by atoms with van der Waals surface area (Å²) < 4.78 is 41.5. The van der Waals surface area contributed by atoms with Gasteiger partial charge in [0.15, 0.2) is 9.84 Å². The van der Waals surface area contributed by atoms with Crippen LogP contribution < -0.4 is 0 Å². The van der Waals surface area contributed by atoms with E-state index in [0.29, 0.717) is 5.56 Å². The summed E-state index contributed by atoms with van der Waals surface area (Å²) in [4.78, 5) is 11.4. The molecule has 2 rings (SSSR count). The van der Waals surface area contributed by atoms with Gasteiger partial charge in [-0.05, 0) is 36.5 Å². The molecule has 0 unspecified atom stereocenters. The van der Waals surface area contributed by atoms with Crippen LogP contribution in [-0.4, -0.2) is 27.8 Å². The van der Waals surface area contributed by atoms with E-state index in [1.54, 1.807) is 0 Å². The number of esters is 1. The number of carbonyl (C=O) groups excluding carboxylic acids is 1. The number of ether oxygens (including phenoxy) is 1. The van der Waals surface area contributed by atoms with Gasteiger partial charge in [0, 0.05) is 6.26 Å². The molecule has 18 heavy (non-hydrogen) atoms.